The van der Waals surface area contributed by atoms with Gasteiger partial charge in [-0.3, -0.25) is 0 Å². The summed E-state index contributed by atoms with van der Waals surface area (Å²) < 4.78 is 6.63. The standard InChI is InChI=1S/C17H13N3O2S/c1-22-17(21)13-10-12-15(14-8-5-9-23-14)19-20(16(12)18-13)11-6-3-2-4-7-11/h2-10,18H,1H3. The lowest BCUT2D eigenvalue weighted by Crippen LogP contribution is -2.02. The van der Waals surface area contributed by atoms with Gasteiger partial charge in [0.25, 0.3) is 0 Å². The predicted octanol–water partition coefficient (Wildman–Crippen LogP) is 3.87. The van der Waals surface area contributed by atoms with Crippen LogP contribution in [0.2, 0.25) is 0 Å². The predicted molar refractivity (Wildman–Crippen MR) is 90.1 cm³/mol. The largest absolute Gasteiger partial charge is 0.464 e. The number of rotatable bonds is 3. The minimum absolute atomic E-state index is 0.391. The number of esters is 1. The van der Waals surface area contributed by atoms with Crippen molar-refractivity contribution in [3.8, 4) is 16.3 Å². The van der Waals surface area contributed by atoms with Crippen molar-refractivity contribution in [2.45, 2.75) is 0 Å². The Hall–Kier alpha value is -2.86. The molecule has 6 heteroatoms. The number of aromatic nitrogens is 3. The number of H-pyrrole nitrogens is 1. The van der Waals surface area contributed by atoms with E-state index in [-0.39, 0.29) is 0 Å². The third-order valence-corrected chi connectivity index (χ3v) is 4.50. The number of nitrogens with zero attached hydrogens (tertiary/aromatic N) is 2. The first-order chi connectivity index (χ1) is 11.3. The highest BCUT2D eigenvalue weighted by molar-refractivity contribution is 7.13. The van der Waals surface area contributed by atoms with E-state index in [1.807, 2.05) is 52.5 Å². The zero-order chi connectivity index (χ0) is 15.8. The van der Waals surface area contributed by atoms with Gasteiger partial charge in [0.15, 0.2) is 0 Å². The topological polar surface area (TPSA) is 59.9 Å². The van der Waals surface area contributed by atoms with E-state index >= 15 is 0 Å². The third-order valence-electron chi connectivity index (χ3n) is 3.62. The van der Waals surface area contributed by atoms with Crippen LogP contribution >= 0.6 is 11.3 Å². The van der Waals surface area contributed by atoms with Gasteiger partial charge in [-0.25, -0.2) is 9.48 Å². The summed E-state index contributed by atoms with van der Waals surface area (Å²) in [5.74, 6) is -0.391. The van der Waals surface area contributed by atoms with Gasteiger partial charge in [-0.15, -0.1) is 11.3 Å². The smallest absolute Gasteiger partial charge is 0.354 e. The Morgan fingerprint density at radius 3 is 2.74 bits per heavy atom. The Labute approximate surface area is 136 Å². The molecule has 0 unspecified atom stereocenters. The number of methoxy groups -OCH3 is 1. The van der Waals surface area contributed by atoms with E-state index in [2.05, 4.69) is 4.98 Å². The maximum Gasteiger partial charge on any atom is 0.354 e. The molecular weight excluding hydrogens is 310 g/mol. The number of carbonyl (C=O) groups excluding carboxylic acids is 1. The fourth-order valence-corrected chi connectivity index (χ4v) is 3.29. The van der Waals surface area contributed by atoms with E-state index in [1.165, 1.54) is 7.11 Å². The maximum atomic E-state index is 11.8. The molecule has 0 saturated heterocycles. The van der Waals surface area contributed by atoms with Crippen molar-refractivity contribution < 1.29 is 9.53 Å². The molecule has 0 saturated carbocycles. The van der Waals surface area contributed by atoms with E-state index in [9.17, 15) is 4.79 Å². The van der Waals surface area contributed by atoms with Gasteiger partial charge >= 0.3 is 5.97 Å². The Bertz CT molecular complexity index is 968. The first-order valence-corrected chi connectivity index (χ1v) is 7.95. The van der Waals surface area contributed by atoms with Gasteiger partial charge in [0, 0.05) is 5.39 Å². The van der Waals surface area contributed by atoms with Crippen LogP contribution in [0.1, 0.15) is 10.5 Å². The Morgan fingerprint density at radius 1 is 1.22 bits per heavy atom. The van der Waals surface area contributed by atoms with Crippen LogP contribution in [0.25, 0.3) is 27.3 Å². The van der Waals surface area contributed by atoms with E-state index in [1.54, 1.807) is 17.4 Å². The molecule has 1 N–H and O–H groups in total. The van der Waals surface area contributed by atoms with E-state index < -0.39 is 5.97 Å². The highest BCUT2D eigenvalue weighted by atomic mass is 32.1. The minimum atomic E-state index is -0.391. The molecular formula is C17H13N3O2S. The molecule has 0 radical (unpaired) electrons. The average molecular weight is 323 g/mol. The number of thiophene rings is 1. The molecule has 0 fully saturated rings. The molecule has 114 valence electrons. The fraction of sp³-hybridized carbons (Fsp3) is 0.0588. The van der Waals surface area contributed by atoms with Crippen LogP contribution in [0.15, 0.2) is 53.9 Å². The van der Waals surface area contributed by atoms with Gasteiger partial charge in [0.05, 0.1) is 17.7 Å². The van der Waals surface area contributed by atoms with Crippen LogP contribution in [0.4, 0.5) is 0 Å². The van der Waals surface area contributed by atoms with Crippen molar-refractivity contribution in [3.63, 3.8) is 0 Å². The summed E-state index contributed by atoms with van der Waals surface area (Å²) in [6.45, 7) is 0. The third kappa shape index (κ3) is 2.24. The second-order valence-electron chi connectivity index (χ2n) is 5.01. The number of hydrogen-bond acceptors (Lipinski definition) is 4. The molecule has 4 rings (SSSR count). The van der Waals surface area contributed by atoms with Crippen LogP contribution in [-0.2, 0) is 4.74 Å². The highest BCUT2D eigenvalue weighted by Crippen LogP contribution is 2.33. The summed E-state index contributed by atoms with van der Waals surface area (Å²) in [6.07, 6.45) is 0. The van der Waals surface area contributed by atoms with Crippen molar-refractivity contribution in [1.29, 1.82) is 0 Å². The van der Waals surface area contributed by atoms with Gasteiger partial charge in [-0.1, -0.05) is 24.3 Å². The average Bonchev–Trinajstić information content (AvgIpc) is 3.30. The number of aromatic amines is 1. The monoisotopic (exact) mass is 323 g/mol. The van der Waals surface area contributed by atoms with Gasteiger partial charge in [-0.05, 0) is 29.6 Å². The summed E-state index contributed by atoms with van der Waals surface area (Å²) in [6, 6.07) is 15.6. The molecule has 0 amide bonds. The van der Waals surface area contributed by atoms with Gasteiger partial charge < -0.3 is 9.72 Å². The van der Waals surface area contributed by atoms with Crippen molar-refractivity contribution >= 4 is 28.3 Å². The molecule has 0 aliphatic rings. The van der Waals surface area contributed by atoms with Gasteiger partial charge in [0.1, 0.15) is 17.0 Å². The van der Waals surface area contributed by atoms with E-state index in [0.29, 0.717) is 5.69 Å². The van der Waals surface area contributed by atoms with Crippen molar-refractivity contribution in [1.82, 2.24) is 14.8 Å². The summed E-state index contributed by atoms with van der Waals surface area (Å²) in [7, 11) is 1.37. The van der Waals surface area contributed by atoms with Crippen molar-refractivity contribution in [3.05, 3.63) is 59.6 Å². The van der Waals surface area contributed by atoms with Crippen LogP contribution in [-0.4, -0.2) is 27.8 Å². The normalized spacial score (nSPS) is 11.0. The summed E-state index contributed by atoms with van der Waals surface area (Å²) in [5.41, 5.74) is 2.98. The number of hydrogen-bond donors (Lipinski definition) is 1. The summed E-state index contributed by atoms with van der Waals surface area (Å²) >= 11 is 1.62. The number of nitrogens with one attached hydrogen (secondary N) is 1. The number of fused-ring (bicyclic) bond motifs is 1. The quantitative estimate of drug-likeness (QED) is 0.582. The molecule has 0 bridgehead atoms. The van der Waals surface area contributed by atoms with Gasteiger partial charge in [0.2, 0.25) is 0 Å². The Morgan fingerprint density at radius 2 is 2.04 bits per heavy atom. The van der Waals surface area contributed by atoms with E-state index in [0.717, 1.165) is 27.3 Å². The first kappa shape index (κ1) is 13.8. The molecule has 0 aliphatic carbocycles. The van der Waals surface area contributed by atoms with Crippen LogP contribution in [0.5, 0.6) is 0 Å². The number of carbonyl (C=O) groups is 1. The molecule has 3 heterocycles. The summed E-state index contributed by atoms with van der Waals surface area (Å²) in [4.78, 5) is 16.0. The number of ether oxygens (including phenoxy) is 1. The molecule has 1 aromatic carbocycles. The molecule has 0 atom stereocenters. The molecule has 23 heavy (non-hydrogen) atoms. The zero-order valence-electron chi connectivity index (χ0n) is 12.3. The Kier molecular flexibility index (Phi) is 3.24. The minimum Gasteiger partial charge on any atom is -0.464 e. The second-order valence-corrected chi connectivity index (χ2v) is 5.96. The highest BCUT2D eigenvalue weighted by Gasteiger charge is 2.19. The molecule has 5 nitrogen and oxygen atoms in total. The number of benzene rings is 1. The molecule has 0 aliphatic heterocycles. The number of para-hydroxylation sites is 1. The van der Waals surface area contributed by atoms with Crippen molar-refractivity contribution in [2.24, 2.45) is 0 Å². The SMILES string of the molecule is COC(=O)c1cc2c(-c3cccs3)nn(-c3ccccc3)c2[nH]1. The lowest BCUT2D eigenvalue weighted by molar-refractivity contribution is 0.0595. The second kappa shape index (κ2) is 5.40. The van der Waals surface area contributed by atoms with Crippen molar-refractivity contribution in [2.75, 3.05) is 7.11 Å². The van der Waals surface area contributed by atoms with Crippen LogP contribution in [0.3, 0.4) is 0 Å². The van der Waals surface area contributed by atoms with Crippen LogP contribution in [0, 0.1) is 0 Å². The van der Waals surface area contributed by atoms with Crippen LogP contribution < -0.4 is 0 Å². The van der Waals surface area contributed by atoms with E-state index in [4.69, 9.17) is 9.84 Å². The molecule has 0 spiro atoms. The lowest BCUT2D eigenvalue weighted by Gasteiger charge is -2.01. The molecule has 4 aromatic rings. The first-order valence-electron chi connectivity index (χ1n) is 7.07. The Balaban J connectivity index is 1.99. The maximum absolute atomic E-state index is 11.8. The van der Waals surface area contributed by atoms with Gasteiger partial charge in [-0.2, -0.15) is 5.10 Å². The molecule has 3 aromatic heterocycles. The summed E-state index contributed by atoms with van der Waals surface area (Å²) in [5, 5.41) is 7.64. The fourth-order valence-electron chi connectivity index (χ4n) is 2.57. The zero-order valence-corrected chi connectivity index (χ0v) is 13.1. The lowest BCUT2D eigenvalue weighted by atomic mass is 10.2.